The van der Waals surface area contributed by atoms with E-state index in [9.17, 15) is 5.11 Å². The monoisotopic (exact) mass is 225 g/mol. The van der Waals surface area contributed by atoms with Gasteiger partial charge in [0.05, 0.1) is 6.61 Å². The summed E-state index contributed by atoms with van der Waals surface area (Å²) >= 11 is 1.82. The largest absolute Gasteiger partial charge is 0.394 e. The Bertz CT molecular complexity index is 293. The minimum absolute atomic E-state index is 0.0674. The molecule has 1 aromatic heterocycles. The number of nitrogens with one attached hydrogen (secondary N) is 1. The highest BCUT2D eigenvalue weighted by atomic mass is 32.1. The molecular formula is C12H19NOS. The van der Waals surface area contributed by atoms with Crippen LogP contribution in [-0.2, 0) is 6.42 Å². The minimum Gasteiger partial charge on any atom is -0.394 e. The van der Waals surface area contributed by atoms with Crippen LogP contribution in [0.4, 0.5) is 0 Å². The fourth-order valence-corrected chi connectivity index (χ4v) is 2.69. The lowest BCUT2D eigenvalue weighted by atomic mass is 10.1. The summed E-state index contributed by atoms with van der Waals surface area (Å²) in [6.07, 6.45) is 4.48. The van der Waals surface area contributed by atoms with Gasteiger partial charge in [0.1, 0.15) is 0 Å². The van der Waals surface area contributed by atoms with Gasteiger partial charge in [-0.3, -0.25) is 0 Å². The van der Waals surface area contributed by atoms with E-state index in [2.05, 4.69) is 29.8 Å². The first-order valence-electron chi connectivity index (χ1n) is 5.69. The third-order valence-electron chi connectivity index (χ3n) is 3.19. The van der Waals surface area contributed by atoms with E-state index in [4.69, 9.17) is 0 Å². The molecule has 1 unspecified atom stereocenters. The van der Waals surface area contributed by atoms with Gasteiger partial charge in [0.15, 0.2) is 0 Å². The summed E-state index contributed by atoms with van der Waals surface area (Å²) in [7, 11) is 0. The fourth-order valence-electron chi connectivity index (χ4n) is 1.90. The lowest BCUT2D eigenvalue weighted by molar-refractivity contribution is 0.216. The van der Waals surface area contributed by atoms with E-state index in [-0.39, 0.29) is 12.1 Å². The molecule has 0 amide bonds. The van der Waals surface area contributed by atoms with Crippen LogP contribution in [0, 0.1) is 0 Å². The maximum atomic E-state index is 9.27. The van der Waals surface area contributed by atoms with E-state index in [1.54, 1.807) is 0 Å². The van der Waals surface area contributed by atoms with Crippen molar-refractivity contribution in [3.8, 4) is 0 Å². The average molecular weight is 225 g/mol. The lowest BCUT2D eigenvalue weighted by Crippen LogP contribution is -2.43. The second kappa shape index (κ2) is 4.64. The number of thiophene rings is 1. The molecule has 0 bridgehead atoms. The first kappa shape index (κ1) is 11.1. The Kier molecular flexibility index (Phi) is 3.44. The second-order valence-corrected chi connectivity index (χ2v) is 5.50. The number of rotatable bonds is 6. The van der Waals surface area contributed by atoms with Gasteiger partial charge in [-0.2, -0.15) is 0 Å². The molecule has 2 rings (SSSR count). The maximum Gasteiger partial charge on any atom is 0.0613 e. The van der Waals surface area contributed by atoms with Crippen LogP contribution in [0.2, 0.25) is 0 Å². The third-order valence-corrected chi connectivity index (χ3v) is 4.09. The summed E-state index contributed by atoms with van der Waals surface area (Å²) in [5.74, 6) is 0. The normalized spacial score (nSPS) is 20.1. The van der Waals surface area contributed by atoms with Crippen molar-refractivity contribution in [2.45, 2.75) is 44.2 Å². The molecule has 0 radical (unpaired) electrons. The predicted octanol–water partition coefficient (Wildman–Crippen LogP) is 2.18. The van der Waals surface area contributed by atoms with E-state index in [0.717, 1.165) is 25.7 Å². The van der Waals surface area contributed by atoms with Crippen LogP contribution >= 0.6 is 11.3 Å². The predicted molar refractivity (Wildman–Crippen MR) is 64.3 cm³/mol. The van der Waals surface area contributed by atoms with E-state index in [0.29, 0.717) is 6.04 Å². The summed E-state index contributed by atoms with van der Waals surface area (Å²) in [4.78, 5) is 1.43. The number of hydrogen-bond acceptors (Lipinski definition) is 3. The van der Waals surface area contributed by atoms with Crippen LogP contribution in [0.3, 0.4) is 0 Å². The Morgan fingerprint density at radius 3 is 2.87 bits per heavy atom. The van der Waals surface area contributed by atoms with Crippen molar-refractivity contribution in [1.29, 1.82) is 0 Å². The molecule has 1 aromatic rings. The SMILES string of the molecule is CCC(Cc1cccs1)NC1(CO)CC1. The number of hydrogen-bond donors (Lipinski definition) is 2. The van der Waals surface area contributed by atoms with Crippen LogP contribution in [0.25, 0.3) is 0 Å². The van der Waals surface area contributed by atoms with Gasteiger partial charge in [-0.1, -0.05) is 13.0 Å². The molecule has 84 valence electrons. The van der Waals surface area contributed by atoms with Crippen LogP contribution in [0.15, 0.2) is 17.5 Å². The third kappa shape index (κ3) is 2.80. The van der Waals surface area contributed by atoms with Crippen molar-refractivity contribution in [2.24, 2.45) is 0 Å². The summed E-state index contributed by atoms with van der Waals surface area (Å²) in [5.41, 5.74) is 0.0674. The van der Waals surface area contributed by atoms with Gasteiger partial charge in [-0.25, -0.2) is 0 Å². The zero-order valence-corrected chi connectivity index (χ0v) is 10.0. The Balaban J connectivity index is 1.88. The summed E-state index contributed by atoms with van der Waals surface area (Å²) in [5, 5.41) is 15.0. The van der Waals surface area contributed by atoms with Crippen molar-refractivity contribution in [1.82, 2.24) is 5.32 Å². The Hall–Kier alpha value is -0.380. The van der Waals surface area contributed by atoms with Crippen molar-refractivity contribution >= 4 is 11.3 Å². The summed E-state index contributed by atoms with van der Waals surface area (Å²) in [6, 6.07) is 4.80. The minimum atomic E-state index is 0.0674. The first-order valence-corrected chi connectivity index (χ1v) is 6.57. The van der Waals surface area contributed by atoms with Crippen LogP contribution in [0.5, 0.6) is 0 Å². The van der Waals surface area contributed by atoms with E-state index in [1.165, 1.54) is 4.88 Å². The molecule has 0 spiro atoms. The highest BCUT2D eigenvalue weighted by Crippen LogP contribution is 2.35. The molecule has 3 heteroatoms. The molecule has 1 aliphatic carbocycles. The Morgan fingerprint density at radius 1 is 1.60 bits per heavy atom. The topological polar surface area (TPSA) is 32.3 Å². The van der Waals surface area contributed by atoms with Crippen molar-refractivity contribution in [3.63, 3.8) is 0 Å². The molecule has 15 heavy (non-hydrogen) atoms. The standard InChI is InChI=1S/C12H19NOS/c1-2-10(8-11-4-3-7-15-11)13-12(9-14)5-6-12/h3-4,7,10,13-14H,2,5-6,8-9H2,1H3. The molecule has 0 aliphatic heterocycles. The van der Waals surface area contributed by atoms with Gasteiger partial charge in [0.25, 0.3) is 0 Å². The van der Waals surface area contributed by atoms with Gasteiger partial charge in [0, 0.05) is 16.5 Å². The fraction of sp³-hybridized carbons (Fsp3) is 0.667. The number of aliphatic hydroxyl groups is 1. The molecule has 2 N–H and O–H groups in total. The van der Waals surface area contributed by atoms with Gasteiger partial charge in [-0.05, 0) is 37.1 Å². The lowest BCUT2D eigenvalue weighted by Gasteiger charge is -2.22. The molecule has 1 atom stereocenters. The van der Waals surface area contributed by atoms with Crippen LogP contribution in [-0.4, -0.2) is 23.3 Å². The zero-order valence-electron chi connectivity index (χ0n) is 9.20. The van der Waals surface area contributed by atoms with E-state index < -0.39 is 0 Å². The van der Waals surface area contributed by atoms with Gasteiger partial charge < -0.3 is 10.4 Å². The first-order chi connectivity index (χ1) is 7.28. The quantitative estimate of drug-likeness (QED) is 0.778. The van der Waals surface area contributed by atoms with E-state index >= 15 is 0 Å². The van der Waals surface area contributed by atoms with Crippen molar-refractivity contribution in [2.75, 3.05) is 6.61 Å². The molecule has 0 aromatic carbocycles. The highest BCUT2D eigenvalue weighted by Gasteiger charge is 2.42. The molecular weight excluding hydrogens is 206 g/mol. The van der Waals surface area contributed by atoms with Crippen LogP contribution in [0.1, 0.15) is 31.1 Å². The highest BCUT2D eigenvalue weighted by molar-refractivity contribution is 7.09. The molecule has 1 heterocycles. The molecule has 1 fully saturated rings. The Morgan fingerprint density at radius 2 is 2.40 bits per heavy atom. The molecule has 0 saturated heterocycles. The summed E-state index contributed by atoms with van der Waals surface area (Å²) in [6.45, 7) is 2.49. The zero-order chi connectivity index (χ0) is 10.7. The Labute approximate surface area is 95.3 Å². The smallest absolute Gasteiger partial charge is 0.0613 e. The van der Waals surface area contributed by atoms with Crippen molar-refractivity contribution in [3.05, 3.63) is 22.4 Å². The summed E-state index contributed by atoms with van der Waals surface area (Å²) < 4.78 is 0. The van der Waals surface area contributed by atoms with E-state index in [1.807, 2.05) is 11.3 Å². The molecule has 1 saturated carbocycles. The van der Waals surface area contributed by atoms with Gasteiger partial charge in [-0.15, -0.1) is 11.3 Å². The second-order valence-electron chi connectivity index (χ2n) is 4.47. The maximum absolute atomic E-state index is 9.27. The molecule has 1 aliphatic rings. The number of aliphatic hydroxyl groups excluding tert-OH is 1. The van der Waals surface area contributed by atoms with Crippen LogP contribution < -0.4 is 5.32 Å². The van der Waals surface area contributed by atoms with Gasteiger partial charge >= 0.3 is 0 Å². The van der Waals surface area contributed by atoms with Crippen molar-refractivity contribution < 1.29 is 5.11 Å². The van der Waals surface area contributed by atoms with Gasteiger partial charge in [0.2, 0.25) is 0 Å². The average Bonchev–Trinajstić information content (AvgIpc) is 2.84. The molecule has 2 nitrogen and oxygen atoms in total.